The van der Waals surface area contributed by atoms with Gasteiger partial charge in [-0.1, -0.05) is 0 Å². The first-order valence-electron chi connectivity index (χ1n) is 6.15. The second-order valence-electron chi connectivity index (χ2n) is 4.29. The maximum atomic E-state index is 11.9. The Hall–Kier alpha value is -2.02. The van der Waals surface area contributed by atoms with Crippen LogP contribution in [0.25, 0.3) is 0 Å². The van der Waals surface area contributed by atoms with E-state index in [4.69, 9.17) is 0 Å². The molecule has 1 aromatic rings. The molecule has 0 aromatic heterocycles. The molecule has 1 aliphatic heterocycles. The predicted octanol–water partition coefficient (Wildman–Crippen LogP) is 0.597. The second-order valence-corrected chi connectivity index (χ2v) is 5.30. The van der Waals surface area contributed by atoms with E-state index in [9.17, 15) is 14.4 Å². The molecule has 1 aliphatic rings. The van der Waals surface area contributed by atoms with Crippen LogP contribution in [0.5, 0.6) is 0 Å². The van der Waals surface area contributed by atoms with Gasteiger partial charge in [-0.05, 0) is 18.2 Å². The van der Waals surface area contributed by atoms with Crippen LogP contribution in [0, 0.1) is 0 Å². The SMILES string of the molecule is CC(=O)NCCNC(=O)c1ccc2c(c1)NC(=O)CS2. The van der Waals surface area contributed by atoms with Crippen molar-refractivity contribution in [1.82, 2.24) is 10.6 Å². The highest BCUT2D eigenvalue weighted by Gasteiger charge is 2.17. The van der Waals surface area contributed by atoms with Crippen LogP contribution in [0.3, 0.4) is 0 Å². The fraction of sp³-hybridized carbons (Fsp3) is 0.308. The van der Waals surface area contributed by atoms with Crippen LogP contribution >= 0.6 is 11.8 Å². The van der Waals surface area contributed by atoms with Crippen molar-refractivity contribution in [1.29, 1.82) is 0 Å². The quantitative estimate of drug-likeness (QED) is 0.709. The maximum absolute atomic E-state index is 11.9. The molecule has 0 saturated carbocycles. The first-order chi connectivity index (χ1) is 9.56. The zero-order valence-electron chi connectivity index (χ0n) is 11.0. The Morgan fingerprint density at radius 3 is 2.80 bits per heavy atom. The fourth-order valence-corrected chi connectivity index (χ4v) is 2.53. The van der Waals surface area contributed by atoms with E-state index in [2.05, 4.69) is 16.0 Å². The van der Waals surface area contributed by atoms with Gasteiger partial charge in [0.15, 0.2) is 0 Å². The summed E-state index contributed by atoms with van der Waals surface area (Å²) in [6, 6.07) is 5.20. The van der Waals surface area contributed by atoms with Crippen molar-refractivity contribution in [3.05, 3.63) is 23.8 Å². The molecule has 1 aromatic carbocycles. The molecule has 0 spiro atoms. The van der Waals surface area contributed by atoms with E-state index >= 15 is 0 Å². The molecule has 2 rings (SSSR count). The fourth-order valence-electron chi connectivity index (χ4n) is 1.74. The third-order valence-electron chi connectivity index (χ3n) is 2.66. The zero-order chi connectivity index (χ0) is 14.5. The van der Waals surface area contributed by atoms with Crippen molar-refractivity contribution in [3.8, 4) is 0 Å². The van der Waals surface area contributed by atoms with E-state index in [1.807, 2.05) is 6.07 Å². The Morgan fingerprint density at radius 1 is 1.30 bits per heavy atom. The first-order valence-corrected chi connectivity index (χ1v) is 7.14. The Kier molecular flexibility index (Phi) is 4.62. The number of hydrogen-bond acceptors (Lipinski definition) is 4. The van der Waals surface area contributed by atoms with E-state index in [-0.39, 0.29) is 17.7 Å². The van der Waals surface area contributed by atoms with Crippen LogP contribution < -0.4 is 16.0 Å². The number of thioether (sulfide) groups is 1. The van der Waals surface area contributed by atoms with Gasteiger partial charge in [0.1, 0.15) is 0 Å². The van der Waals surface area contributed by atoms with E-state index in [0.717, 1.165) is 4.90 Å². The molecule has 0 unspecified atom stereocenters. The lowest BCUT2D eigenvalue weighted by Crippen LogP contribution is -2.33. The van der Waals surface area contributed by atoms with E-state index in [1.54, 1.807) is 12.1 Å². The molecule has 106 valence electrons. The summed E-state index contributed by atoms with van der Waals surface area (Å²) in [4.78, 5) is 34.9. The molecule has 1 heterocycles. The van der Waals surface area contributed by atoms with Gasteiger partial charge in [-0.25, -0.2) is 0 Å². The lowest BCUT2D eigenvalue weighted by atomic mass is 10.2. The molecule has 3 amide bonds. The van der Waals surface area contributed by atoms with Crippen LogP contribution in [-0.4, -0.2) is 36.6 Å². The molecule has 0 atom stereocenters. The Morgan fingerprint density at radius 2 is 2.05 bits per heavy atom. The number of carbonyl (C=O) groups is 3. The standard InChI is InChI=1S/C13H15N3O3S/c1-8(17)14-4-5-15-13(19)9-2-3-11-10(6-9)16-12(18)7-20-11/h2-3,6H,4-5,7H2,1H3,(H,14,17)(H,15,19)(H,16,18). The van der Waals surface area contributed by atoms with Gasteiger partial charge in [-0.3, -0.25) is 14.4 Å². The summed E-state index contributed by atoms with van der Waals surface area (Å²) in [7, 11) is 0. The van der Waals surface area contributed by atoms with Crippen molar-refractivity contribution in [2.24, 2.45) is 0 Å². The highest BCUT2D eigenvalue weighted by atomic mass is 32.2. The summed E-state index contributed by atoms with van der Waals surface area (Å²) < 4.78 is 0. The number of rotatable bonds is 4. The van der Waals surface area contributed by atoms with Crippen LogP contribution in [0.4, 0.5) is 5.69 Å². The topological polar surface area (TPSA) is 87.3 Å². The molecule has 6 nitrogen and oxygen atoms in total. The van der Waals surface area contributed by atoms with Crippen molar-refractivity contribution in [3.63, 3.8) is 0 Å². The van der Waals surface area contributed by atoms with Gasteiger partial charge < -0.3 is 16.0 Å². The highest BCUT2D eigenvalue weighted by Crippen LogP contribution is 2.31. The molecule has 0 fully saturated rings. The van der Waals surface area contributed by atoms with Gasteiger partial charge in [0, 0.05) is 30.5 Å². The van der Waals surface area contributed by atoms with Crippen LogP contribution in [0.1, 0.15) is 17.3 Å². The highest BCUT2D eigenvalue weighted by molar-refractivity contribution is 8.00. The Balaban J connectivity index is 1.95. The first kappa shape index (κ1) is 14.4. The van der Waals surface area contributed by atoms with Gasteiger partial charge in [0.05, 0.1) is 11.4 Å². The van der Waals surface area contributed by atoms with Gasteiger partial charge in [0.2, 0.25) is 11.8 Å². The molecule has 0 radical (unpaired) electrons. The number of fused-ring (bicyclic) bond motifs is 1. The Bertz CT molecular complexity index is 560. The minimum atomic E-state index is -0.233. The van der Waals surface area contributed by atoms with Crippen molar-refractivity contribution in [2.75, 3.05) is 24.2 Å². The predicted molar refractivity (Wildman–Crippen MR) is 76.8 cm³/mol. The second kappa shape index (κ2) is 6.42. The molecule has 7 heteroatoms. The molecule has 0 saturated heterocycles. The number of anilines is 1. The normalized spacial score (nSPS) is 13.2. The van der Waals surface area contributed by atoms with Crippen LogP contribution in [0.15, 0.2) is 23.1 Å². The number of amides is 3. The molecule has 0 bridgehead atoms. The molecular weight excluding hydrogens is 278 g/mol. The van der Waals surface area contributed by atoms with Crippen LogP contribution in [0.2, 0.25) is 0 Å². The summed E-state index contributed by atoms with van der Waals surface area (Å²) in [5.74, 6) is -0.0311. The molecule has 20 heavy (non-hydrogen) atoms. The third-order valence-corrected chi connectivity index (χ3v) is 3.73. The van der Waals surface area contributed by atoms with E-state index in [1.165, 1.54) is 18.7 Å². The van der Waals surface area contributed by atoms with Gasteiger partial charge >= 0.3 is 0 Å². The lowest BCUT2D eigenvalue weighted by Gasteiger charge is -2.16. The van der Waals surface area contributed by atoms with Crippen LogP contribution in [-0.2, 0) is 9.59 Å². The third kappa shape index (κ3) is 3.74. The Labute approximate surface area is 120 Å². The smallest absolute Gasteiger partial charge is 0.251 e. The monoisotopic (exact) mass is 293 g/mol. The van der Waals surface area contributed by atoms with Gasteiger partial charge in [-0.2, -0.15) is 0 Å². The summed E-state index contributed by atoms with van der Waals surface area (Å²) >= 11 is 1.45. The summed E-state index contributed by atoms with van der Waals surface area (Å²) in [5, 5.41) is 8.03. The minimum absolute atomic E-state index is 0.0642. The number of carbonyl (C=O) groups excluding carboxylic acids is 3. The number of benzene rings is 1. The number of hydrogen-bond donors (Lipinski definition) is 3. The summed E-state index contributed by atoms with van der Waals surface area (Å²) in [6.45, 7) is 2.17. The average Bonchev–Trinajstić information content (AvgIpc) is 2.42. The van der Waals surface area contributed by atoms with E-state index in [0.29, 0.717) is 30.1 Å². The van der Waals surface area contributed by atoms with Gasteiger partial charge in [-0.15, -0.1) is 11.8 Å². The average molecular weight is 293 g/mol. The van der Waals surface area contributed by atoms with Crippen molar-refractivity contribution < 1.29 is 14.4 Å². The molecular formula is C13H15N3O3S. The minimum Gasteiger partial charge on any atom is -0.355 e. The van der Waals surface area contributed by atoms with E-state index < -0.39 is 0 Å². The molecule has 3 N–H and O–H groups in total. The molecule has 0 aliphatic carbocycles. The summed E-state index contributed by atoms with van der Waals surface area (Å²) in [5.41, 5.74) is 1.15. The lowest BCUT2D eigenvalue weighted by molar-refractivity contribution is -0.119. The zero-order valence-corrected chi connectivity index (χ0v) is 11.8. The largest absolute Gasteiger partial charge is 0.355 e. The number of nitrogens with one attached hydrogen (secondary N) is 3. The van der Waals surface area contributed by atoms with Crippen molar-refractivity contribution >= 4 is 35.2 Å². The summed E-state index contributed by atoms with van der Waals surface area (Å²) in [6.07, 6.45) is 0. The van der Waals surface area contributed by atoms with Crippen molar-refractivity contribution in [2.45, 2.75) is 11.8 Å². The maximum Gasteiger partial charge on any atom is 0.251 e. The van der Waals surface area contributed by atoms with Gasteiger partial charge in [0.25, 0.3) is 5.91 Å².